The molecular weight excluding hydrogens is 308 g/mol. The maximum atomic E-state index is 12.7. The highest BCUT2D eigenvalue weighted by Gasteiger charge is 2.60. The molecule has 0 aliphatic carbocycles. The van der Waals surface area contributed by atoms with Gasteiger partial charge >= 0.3 is 5.97 Å². The van der Waals surface area contributed by atoms with Crippen LogP contribution in [0.25, 0.3) is 0 Å². The molecule has 0 radical (unpaired) electrons. The number of rotatable bonds is 5. The maximum absolute atomic E-state index is 12.7. The number of hydrogen-bond donors (Lipinski definition) is 1. The first-order valence-corrected chi connectivity index (χ1v) is 8.79. The molecule has 0 bridgehead atoms. The average Bonchev–Trinajstić information content (AvgIpc) is 2.39. The molecule has 5 heteroatoms. The predicted molar refractivity (Wildman–Crippen MR) is 95.0 cm³/mol. The fraction of sp³-hybridized carbons (Fsp3) is 0.611. The van der Waals surface area contributed by atoms with Crippen LogP contribution in [0.5, 0.6) is 5.75 Å². The van der Waals surface area contributed by atoms with E-state index in [1.54, 1.807) is 12.1 Å². The van der Waals surface area contributed by atoms with Crippen molar-refractivity contribution in [1.82, 2.24) is 0 Å². The zero-order valence-electron chi connectivity index (χ0n) is 15.6. The fourth-order valence-corrected chi connectivity index (χ4v) is 4.87. The van der Waals surface area contributed by atoms with Gasteiger partial charge in [-0.15, -0.1) is 0 Å². The van der Waals surface area contributed by atoms with Gasteiger partial charge in [0.1, 0.15) is 5.75 Å². The molecule has 0 aliphatic heterocycles. The lowest BCUT2D eigenvalue weighted by Crippen LogP contribution is -2.58. The van der Waals surface area contributed by atoms with E-state index in [0.717, 1.165) is 5.56 Å². The molecule has 4 nitrogen and oxygen atoms in total. The first kappa shape index (κ1) is 19.7. The number of carbonyl (C=O) groups is 1. The molecule has 1 N–H and O–H groups in total. The molecule has 0 aliphatic rings. The number of hydrogen-bond acceptors (Lipinski definition) is 4. The molecule has 1 atom stereocenters. The Bertz CT molecular complexity index is 543. The molecule has 0 saturated heterocycles. The van der Waals surface area contributed by atoms with Crippen molar-refractivity contribution in [2.45, 2.75) is 53.9 Å². The van der Waals surface area contributed by atoms with E-state index in [1.807, 2.05) is 26.0 Å². The van der Waals surface area contributed by atoms with E-state index < -0.39 is 10.8 Å². The lowest BCUT2D eigenvalue weighted by molar-refractivity contribution is -0.231. The summed E-state index contributed by atoms with van der Waals surface area (Å²) in [5.41, 5.74) is -0.551. The van der Waals surface area contributed by atoms with Crippen LogP contribution in [0.4, 0.5) is 0 Å². The predicted octanol–water partition coefficient (Wildman–Crippen LogP) is 3.11. The first-order chi connectivity index (χ1) is 10.4. The van der Waals surface area contributed by atoms with Crippen LogP contribution in [0, 0.1) is 16.7 Å². The second-order valence-electron chi connectivity index (χ2n) is 7.92. The molecule has 0 amide bonds. The van der Waals surface area contributed by atoms with Gasteiger partial charge in [-0.25, -0.2) is 4.79 Å². The van der Waals surface area contributed by atoms with E-state index in [9.17, 15) is 9.90 Å². The van der Waals surface area contributed by atoms with E-state index in [2.05, 4.69) is 34.6 Å². The third-order valence-corrected chi connectivity index (χ3v) is 5.19. The van der Waals surface area contributed by atoms with Gasteiger partial charge in [-0.05, 0) is 42.9 Å². The highest BCUT2D eigenvalue weighted by Crippen LogP contribution is 2.58. The number of carbonyl (C=O) groups excluding carboxylic acids is 1. The minimum absolute atomic E-state index is 0.156. The van der Waals surface area contributed by atoms with Crippen molar-refractivity contribution in [3.8, 4) is 5.75 Å². The summed E-state index contributed by atoms with van der Waals surface area (Å²) in [6, 6.07) is 7.14. The van der Waals surface area contributed by atoms with E-state index in [4.69, 9.17) is 9.46 Å². The zero-order chi connectivity index (χ0) is 18.1. The summed E-state index contributed by atoms with van der Waals surface area (Å²) in [6.07, 6.45) is 0. The van der Waals surface area contributed by atoms with Crippen LogP contribution in [0.1, 0.15) is 54.0 Å². The topological polar surface area (TPSA) is 55.8 Å². The van der Waals surface area contributed by atoms with Crippen molar-refractivity contribution in [1.29, 1.82) is 0 Å². The Hall–Kier alpha value is -1.33. The van der Waals surface area contributed by atoms with Gasteiger partial charge in [0, 0.05) is 5.41 Å². The van der Waals surface area contributed by atoms with Gasteiger partial charge in [-0.3, -0.25) is 4.58 Å². The van der Waals surface area contributed by atoms with Gasteiger partial charge in [-0.2, -0.15) is 0 Å². The second-order valence-corrected chi connectivity index (χ2v) is 8.26. The summed E-state index contributed by atoms with van der Waals surface area (Å²) >= 11 is 0. The summed E-state index contributed by atoms with van der Waals surface area (Å²) in [5, 5.41) is 9.65. The highest BCUT2D eigenvalue weighted by molar-refractivity contribution is 5.98. The SMILES string of the molecule is CC(C)C(c1ccc(O)cc1)(C(C)(C)C)C(C)(C)C(=O)OO[SiH3]. The normalized spacial score (nSPS) is 15.5. The molecule has 1 aromatic rings. The fourth-order valence-electron chi connectivity index (χ4n) is 4.72. The summed E-state index contributed by atoms with van der Waals surface area (Å²) in [6.45, 7) is 14.5. The van der Waals surface area contributed by atoms with Crippen molar-refractivity contribution in [2.24, 2.45) is 16.7 Å². The van der Waals surface area contributed by atoms with E-state index >= 15 is 0 Å². The lowest BCUT2D eigenvalue weighted by Gasteiger charge is -2.56. The van der Waals surface area contributed by atoms with Gasteiger partial charge in [0.05, 0.1) is 5.41 Å². The maximum Gasteiger partial charge on any atom is 0.347 e. The smallest absolute Gasteiger partial charge is 0.347 e. The molecule has 1 aromatic carbocycles. The monoisotopic (exact) mass is 338 g/mol. The van der Waals surface area contributed by atoms with Gasteiger partial charge < -0.3 is 9.99 Å². The Labute approximate surface area is 142 Å². The van der Waals surface area contributed by atoms with Crippen molar-refractivity contribution < 1.29 is 19.4 Å². The Kier molecular flexibility index (Phi) is 5.70. The van der Waals surface area contributed by atoms with Crippen molar-refractivity contribution in [2.75, 3.05) is 0 Å². The molecule has 0 fully saturated rings. The number of phenolic OH excluding ortho intramolecular Hbond substituents is 1. The van der Waals surface area contributed by atoms with E-state index in [-0.39, 0.29) is 23.1 Å². The molecule has 130 valence electrons. The van der Waals surface area contributed by atoms with Crippen LogP contribution in [0.2, 0.25) is 0 Å². The number of phenols is 1. The standard InChI is InChI=1S/C18H30O4Si/c1-12(2)18(16(3,4)5,13-8-10-14(19)11-9-13)17(6,7)15(20)21-22-23/h8-12,19H,1-7,23H3. The molecule has 1 unspecified atom stereocenters. The van der Waals surface area contributed by atoms with Crippen molar-refractivity contribution in [3.63, 3.8) is 0 Å². The van der Waals surface area contributed by atoms with Crippen molar-refractivity contribution >= 4 is 16.5 Å². The highest BCUT2D eigenvalue weighted by atomic mass is 28.2. The average molecular weight is 339 g/mol. The summed E-state index contributed by atoms with van der Waals surface area (Å²) in [7, 11) is 0.336. The first-order valence-electron chi connectivity index (χ1n) is 7.97. The third-order valence-electron chi connectivity index (χ3n) is 5.03. The molecule has 23 heavy (non-hydrogen) atoms. The summed E-state index contributed by atoms with van der Waals surface area (Å²) in [4.78, 5) is 17.7. The Balaban J connectivity index is 3.72. The number of aromatic hydroxyl groups is 1. The molecular formula is C18H30O4Si. The van der Waals surface area contributed by atoms with Gasteiger partial charge in [0.2, 0.25) is 10.5 Å². The van der Waals surface area contributed by atoms with Crippen LogP contribution in [-0.4, -0.2) is 21.6 Å². The lowest BCUT2D eigenvalue weighted by atomic mass is 9.46. The molecule has 0 saturated carbocycles. The van der Waals surface area contributed by atoms with Crippen LogP contribution in [0.3, 0.4) is 0 Å². The van der Waals surface area contributed by atoms with Gasteiger partial charge in [0.25, 0.3) is 0 Å². The Morgan fingerprint density at radius 3 is 1.91 bits per heavy atom. The molecule has 0 heterocycles. The van der Waals surface area contributed by atoms with Crippen LogP contribution < -0.4 is 0 Å². The second kappa shape index (κ2) is 6.65. The zero-order valence-corrected chi connectivity index (χ0v) is 17.6. The van der Waals surface area contributed by atoms with Gasteiger partial charge in [0.15, 0.2) is 0 Å². The van der Waals surface area contributed by atoms with Crippen LogP contribution in [-0.2, 0) is 19.7 Å². The summed E-state index contributed by atoms with van der Waals surface area (Å²) < 4.78 is 4.78. The molecule has 0 aromatic heterocycles. The van der Waals surface area contributed by atoms with Crippen LogP contribution in [0.15, 0.2) is 24.3 Å². The third kappa shape index (κ3) is 3.17. The number of benzene rings is 1. The Morgan fingerprint density at radius 1 is 1.09 bits per heavy atom. The van der Waals surface area contributed by atoms with E-state index in [0.29, 0.717) is 10.5 Å². The van der Waals surface area contributed by atoms with Gasteiger partial charge in [-0.1, -0.05) is 46.8 Å². The Morgan fingerprint density at radius 2 is 1.57 bits per heavy atom. The molecule has 0 spiro atoms. The quantitative estimate of drug-likeness (QED) is 0.509. The van der Waals surface area contributed by atoms with E-state index in [1.165, 1.54) is 0 Å². The minimum Gasteiger partial charge on any atom is -0.508 e. The largest absolute Gasteiger partial charge is 0.508 e. The summed E-state index contributed by atoms with van der Waals surface area (Å²) in [5.74, 6) is -0.00326. The van der Waals surface area contributed by atoms with Crippen molar-refractivity contribution in [3.05, 3.63) is 29.8 Å². The van der Waals surface area contributed by atoms with Crippen LogP contribution >= 0.6 is 0 Å². The molecule has 1 rings (SSSR count). The minimum atomic E-state index is -0.819.